The first-order chi connectivity index (χ1) is 11.3. The van der Waals surface area contributed by atoms with Crippen LogP contribution in [0.4, 0.5) is 5.69 Å². The largest absolute Gasteiger partial charge is 0.464 e. The quantitative estimate of drug-likeness (QED) is 0.850. The number of carbonyl (C=O) groups excluding carboxylic acids is 1. The van der Waals surface area contributed by atoms with E-state index in [2.05, 4.69) is 14.6 Å². The van der Waals surface area contributed by atoms with Crippen LogP contribution in [0.1, 0.15) is 33.7 Å². The maximum Gasteiger partial charge on any atom is 0.360 e. The van der Waals surface area contributed by atoms with E-state index >= 15 is 0 Å². The van der Waals surface area contributed by atoms with Crippen LogP contribution in [0.3, 0.4) is 0 Å². The van der Waals surface area contributed by atoms with Crippen molar-refractivity contribution in [2.45, 2.75) is 31.1 Å². The van der Waals surface area contributed by atoms with Crippen molar-refractivity contribution in [3.8, 4) is 0 Å². The standard InChI is InChI=1S/C16H19N3O4S/c1-10-14(15(16(20)23-3)17-19(10)2)18-24(21,22)13-8-7-11-5-4-6-12(11)9-13/h7-9,18H,4-6H2,1-3H3. The summed E-state index contributed by atoms with van der Waals surface area (Å²) in [5.41, 5.74) is 2.88. The third-order valence-corrected chi connectivity index (χ3v) is 5.68. The fourth-order valence-electron chi connectivity index (χ4n) is 2.88. The first-order valence-electron chi connectivity index (χ1n) is 7.60. The molecule has 1 aliphatic carbocycles. The second-order valence-electron chi connectivity index (χ2n) is 5.81. The molecule has 1 heterocycles. The van der Waals surface area contributed by atoms with E-state index in [1.54, 1.807) is 26.1 Å². The molecule has 7 nitrogen and oxygen atoms in total. The monoisotopic (exact) mass is 349 g/mol. The Balaban J connectivity index is 2.00. The maximum atomic E-state index is 12.7. The van der Waals surface area contributed by atoms with Gasteiger partial charge in [0, 0.05) is 7.05 Å². The highest BCUT2D eigenvalue weighted by atomic mass is 32.2. The van der Waals surface area contributed by atoms with Crippen molar-refractivity contribution in [1.29, 1.82) is 0 Å². The molecule has 0 spiro atoms. The molecule has 128 valence electrons. The highest BCUT2D eigenvalue weighted by Gasteiger charge is 2.26. The van der Waals surface area contributed by atoms with Crippen LogP contribution in [0, 0.1) is 6.92 Å². The van der Waals surface area contributed by atoms with E-state index in [1.165, 1.54) is 17.4 Å². The molecule has 0 saturated carbocycles. The number of methoxy groups -OCH3 is 1. The molecule has 1 aromatic heterocycles. The van der Waals surface area contributed by atoms with Crippen molar-refractivity contribution < 1.29 is 17.9 Å². The van der Waals surface area contributed by atoms with Gasteiger partial charge in [-0.2, -0.15) is 5.10 Å². The Kier molecular flexibility index (Phi) is 4.08. The van der Waals surface area contributed by atoms with Crippen LogP contribution in [0.2, 0.25) is 0 Å². The van der Waals surface area contributed by atoms with Crippen LogP contribution in [0.25, 0.3) is 0 Å². The minimum atomic E-state index is -3.82. The molecule has 0 saturated heterocycles. The number of carbonyl (C=O) groups is 1. The van der Waals surface area contributed by atoms with E-state index in [-0.39, 0.29) is 16.3 Å². The summed E-state index contributed by atoms with van der Waals surface area (Å²) in [7, 11) is -0.958. The number of hydrogen-bond acceptors (Lipinski definition) is 5. The lowest BCUT2D eigenvalue weighted by molar-refractivity contribution is 0.0594. The first kappa shape index (κ1) is 16.5. The third-order valence-electron chi connectivity index (χ3n) is 4.33. The summed E-state index contributed by atoms with van der Waals surface area (Å²) in [5, 5.41) is 4.03. The van der Waals surface area contributed by atoms with Gasteiger partial charge in [-0.1, -0.05) is 6.07 Å². The third kappa shape index (κ3) is 2.77. The average molecular weight is 349 g/mol. The number of aryl methyl sites for hydroxylation is 3. The Hall–Kier alpha value is -2.35. The number of ether oxygens (including phenoxy) is 1. The second kappa shape index (κ2) is 5.94. The number of sulfonamides is 1. The van der Waals surface area contributed by atoms with Crippen LogP contribution < -0.4 is 4.72 Å². The van der Waals surface area contributed by atoms with Crippen LogP contribution in [-0.2, 0) is 34.6 Å². The predicted octanol–water partition coefficient (Wildman–Crippen LogP) is 1.80. The fraction of sp³-hybridized carbons (Fsp3) is 0.375. The summed E-state index contributed by atoms with van der Waals surface area (Å²) in [6.45, 7) is 1.68. The smallest absolute Gasteiger partial charge is 0.360 e. The molecule has 3 rings (SSSR count). The number of nitrogens with zero attached hydrogens (tertiary/aromatic N) is 2. The van der Waals surface area contributed by atoms with Crippen LogP contribution in [-0.4, -0.2) is 31.3 Å². The molecule has 24 heavy (non-hydrogen) atoms. The molecule has 1 aliphatic rings. The predicted molar refractivity (Wildman–Crippen MR) is 88.6 cm³/mol. The topological polar surface area (TPSA) is 90.3 Å². The SMILES string of the molecule is COC(=O)c1nn(C)c(C)c1NS(=O)(=O)c1ccc2c(c1)CCC2. The van der Waals surface area contributed by atoms with E-state index in [0.29, 0.717) is 5.69 Å². The number of rotatable bonds is 4. The Bertz CT molecular complexity index is 916. The molecule has 2 aromatic rings. The Morgan fingerprint density at radius 3 is 2.71 bits per heavy atom. The van der Waals surface area contributed by atoms with Crippen LogP contribution in [0.15, 0.2) is 23.1 Å². The molecule has 0 amide bonds. The highest BCUT2D eigenvalue weighted by molar-refractivity contribution is 7.92. The minimum Gasteiger partial charge on any atom is -0.464 e. The Morgan fingerprint density at radius 1 is 1.29 bits per heavy atom. The summed E-state index contributed by atoms with van der Waals surface area (Å²) in [5.74, 6) is -0.689. The molecular weight excluding hydrogens is 330 g/mol. The molecule has 0 radical (unpaired) electrons. The maximum absolute atomic E-state index is 12.7. The number of anilines is 1. The number of hydrogen-bond donors (Lipinski definition) is 1. The van der Waals surface area contributed by atoms with Crippen molar-refractivity contribution in [1.82, 2.24) is 9.78 Å². The van der Waals surface area contributed by atoms with Gasteiger partial charge >= 0.3 is 5.97 Å². The lowest BCUT2D eigenvalue weighted by atomic mass is 10.1. The van der Waals surface area contributed by atoms with Gasteiger partial charge in [-0.05, 0) is 49.4 Å². The van der Waals surface area contributed by atoms with Gasteiger partial charge in [-0.25, -0.2) is 13.2 Å². The number of aromatic nitrogens is 2. The normalized spacial score (nSPS) is 13.6. The molecule has 0 atom stereocenters. The molecule has 0 fully saturated rings. The van der Waals surface area contributed by atoms with E-state index in [1.807, 2.05) is 6.07 Å². The number of nitrogens with one attached hydrogen (secondary N) is 1. The molecule has 1 N–H and O–H groups in total. The molecule has 0 unspecified atom stereocenters. The summed E-state index contributed by atoms with van der Waals surface area (Å²) in [6.07, 6.45) is 2.91. The lowest BCUT2D eigenvalue weighted by Crippen LogP contribution is -2.16. The van der Waals surface area contributed by atoms with Crippen molar-refractivity contribution in [3.63, 3.8) is 0 Å². The zero-order valence-corrected chi connectivity index (χ0v) is 14.6. The number of benzene rings is 1. The van der Waals surface area contributed by atoms with E-state index in [9.17, 15) is 13.2 Å². The van der Waals surface area contributed by atoms with E-state index in [4.69, 9.17) is 0 Å². The Morgan fingerprint density at radius 2 is 2.00 bits per heavy atom. The molecule has 0 bridgehead atoms. The van der Waals surface area contributed by atoms with Crippen molar-refractivity contribution in [2.75, 3.05) is 11.8 Å². The average Bonchev–Trinajstić information content (AvgIpc) is 3.13. The first-order valence-corrected chi connectivity index (χ1v) is 9.08. The van der Waals surface area contributed by atoms with Gasteiger partial charge in [0.05, 0.1) is 17.7 Å². The second-order valence-corrected chi connectivity index (χ2v) is 7.50. The highest BCUT2D eigenvalue weighted by Crippen LogP contribution is 2.28. The summed E-state index contributed by atoms with van der Waals surface area (Å²) >= 11 is 0. The van der Waals surface area contributed by atoms with Gasteiger partial charge in [0.25, 0.3) is 10.0 Å². The van der Waals surface area contributed by atoms with Gasteiger partial charge in [0.2, 0.25) is 0 Å². The molecule has 8 heteroatoms. The van der Waals surface area contributed by atoms with Gasteiger partial charge in [-0.3, -0.25) is 9.40 Å². The molecule has 1 aromatic carbocycles. The molecular formula is C16H19N3O4S. The van der Waals surface area contributed by atoms with Crippen LogP contribution >= 0.6 is 0 Å². The number of fused-ring (bicyclic) bond motifs is 1. The van der Waals surface area contributed by atoms with Crippen molar-refractivity contribution in [3.05, 3.63) is 40.7 Å². The summed E-state index contributed by atoms with van der Waals surface area (Å²) < 4.78 is 34.1. The zero-order chi connectivity index (χ0) is 17.5. The van der Waals surface area contributed by atoms with Crippen molar-refractivity contribution >= 4 is 21.7 Å². The minimum absolute atomic E-state index is 0.0535. The van der Waals surface area contributed by atoms with Crippen molar-refractivity contribution in [2.24, 2.45) is 7.05 Å². The van der Waals surface area contributed by atoms with Gasteiger partial charge in [-0.15, -0.1) is 0 Å². The van der Waals surface area contributed by atoms with Gasteiger partial charge in [0.15, 0.2) is 5.69 Å². The summed E-state index contributed by atoms with van der Waals surface area (Å²) in [6, 6.07) is 5.15. The van der Waals surface area contributed by atoms with E-state index in [0.717, 1.165) is 24.8 Å². The summed E-state index contributed by atoms with van der Waals surface area (Å²) in [4.78, 5) is 12.0. The lowest BCUT2D eigenvalue weighted by Gasteiger charge is -2.10. The van der Waals surface area contributed by atoms with E-state index < -0.39 is 16.0 Å². The number of esters is 1. The van der Waals surface area contributed by atoms with Gasteiger partial charge < -0.3 is 4.74 Å². The van der Waals surface area contributed by atoms with Crippen LogP contribution in [0.5, 0.6) is 0 Å². The van der Waals surface area contributed by atoms with Gasteiger partial charge in [0.1, 0.15) is 5.69 Å². The Labute approximate surface area is 140 Å². The molecule has 0 aliphatic heterocycles. The fourth-order valence-corrected chi connectivity index (χ4v) is 4.05. The zero-order valence-electron chi connectivity index (χ0n) is 13.8.